The van der Waals surface area contributed by atoms with Crippen molar-refractivity contribution >= 4 is 581 Å². The second-order valence-corrected chi connectivity index (χ2v) is 44.6. The van der Waals surface area contributed by atoms with E-state index in [1.165, 1.54) is 0 Å². The third kappa shape index (κ3) is 26.6. The molecular weight excluding hydrogens is 2960 g/mol. The van der Waals surface area contributed by atoms with Gasteiger partial charge < -0.3 is 15.2 Å². The van der Waals surface area contributed by atoms with Gasteiger partial charge in [-0.05, 0) is 0 Å². The van der Waals surface area contributed by atoms with Crippen LogP contribution < -0.4 is 10.5 Å². The van der Waals surface area contributed by atoms with E-state index in [-0.39, 0.29) is 92.4 Å². The van der Waals surface area contributed by atoms with Gasteiger partial charge in [-0.3, -0.25) is 14.4 Å². The summed E-state index contributed by atoms with van der Waals surface area (Å²) >= 11 is 50.7. The summed E-state index contributed by atoms with van der Waals surface area (Å²) in [7, 11) is 8.98. The van der Waals surface area contributed by atoms with Gasteiger partial charge in [0.1, 0.15) is 8.70 Å². The second kappa shape index (κ2) is 38.2. The van der Waals surface area contributed by atoms with Crippen LogP contribution in [0.15, 0.2) is 0 Å². The molecule has 2 N–H and O–H groups in total. The molecule has 0 aliphatic carbocycles. The van der Waals surface area contributed by atoms with E-state index in [0.29, 0.717) is 13.3 Å². The first-order valence-corrected chi connectivity index (χ1v) is 40.5. The van der Waals surface area contributed by atoms with Crippen LogP contribution in [-0.4, -0.2) is 139 Å². The summed E-state index contributed by atoms with van der Waals surface area (Å²) in [6.07, 6.45) is 0. The highest BCUT2D eigenvalue weighted by molar-refractivity contribution is 14.3. The number of hydrogen-bond donors (Lipinski definition) is 2. The van der Waals surface area contributed by atoms with Gasteiger partial charge in [0.15, 0.2) is 62.7 Å². The van der Waals surface area contributed by atoms with E-state index < -0.39 is 0 Å². The quantitative estimate of drug-likeness (QED) is 0.0696. The van der Waals surface area contributed by atoms with E-state index in [4.69, 9.17) is 0 Å². The predicted octanol–water partition coefficient (Wildman–Crippen LogP) is 7.51. The zero-order valence-electron chi connectivity index (χ0n) is 28.6. The Balaban J connectivity index is 6.13. The number of carbonyl (C=O) groups is 3. The molecule has 0 fully saturated rings. The molecule has 0 saturated carbocycles. The minimum absolute atomic E-state index is 0.000835. The third-order valence-electron chi connectivity index (χ3n) is 7.46. The van der Waals surface area contributed by atoms with E-state index in [2.05, 4.69) is 491 Å². The van der Waals surface area contributed by atoms with Crippen molar-refractivity contribution in [3.8, 4) is 0 Å². The zero-order chi connectivity index (χ0) is 44.1. The molecule has 0 spiro atoms. The normalized spacial score (nSPS) is 9.91. The van der Waals surface area contributed by atoms with Crippen LogP contribution in [0.3, 0.4) is 0 Å². The Morgan fingerprint density at radius 2 is 0.625 bits per heavy atom. The molecular formula is C6H11B24I20N3O3. The highest BCUT2D eigenvalue weighted by Gasteiger charge is 2.56. The summed E-state index contributed by atoms with van der Waals surface area (Å²) in [5, 5.41) is 6.63. The number of nitrogens with one attached hydrogen (secondary N) is 2. The average molecular weight is 2970 g/mol. The van der Waals surface area contributed by atoms with Gasteiger partial charge in [-0.15, -0.1) is 134 Å². The van der Waals surface area contributed by atoms with Gasteiger partial charge in [0, 0.05) is 34.9 Å². The van der Waals surface area contributed by atoms with Crippen LogP contribution in [0.2, 0.25) is 0 Å². The molecule has 0 atom stereocenters. The van der Waals surface area contributed by atoms with Crippen molar-refractivity contribution in [1.29, 1.82) is 0 Å². The van der Waals surface area contributed by atoms with Crippen LogP contribution in [-0.2, 0) is 14.4 Å². The van der Waals surface area contributed by atoms with Crippen molar-refractivity contribution in [1.82, 2.24) is 15.2 Å². The Hall–Kier alpha value is 14.6. The standard InChI is InChI=1S/C6H11B24I20N3O3/c1-4(54)51-27(15(37)11(31)7-9-13(33)34)23(45)19(41)17(39)21(43)25(47)29(49)53(6(3)56)30(50)26(48)22(44)18(40)20(42)24(46)28(52-5(2)55)16(38)12(32)8-10-14(35)36/h1-3H3,(H,51,54)(H,52,55). The summed E-state index contributed by atoms with van der Waals surface area (Å²) < 4.78 is 6.33. The van der Waals surface area contributed by atoms with E-state index in [0.717, 1.165) is 0 Å². The van der Waals surface area contributed by atoms with Crippen molar-refractivity contribution in [3.63, 3.8) is 0 Å². The molecule has 4 radical (unpaired) electrons. The highest BCUT2D eigenvalue weighted by Crippen LogP contribution is 2.32. The SMILES string of the molecule is CC(=O)NB(B(I)B(I)[B][B]B(I)I)B(I)B(I)B(I)B(I)B(I)B(I)N(B(I)B(I)B(I)B(I)B(I)B(I)B(NC(C)=O)B(I)B(I)[B][B]B(I)I)C(C)=O. The van der Waals surface area contributed by atoms with Crippen molar-refractivity contribution in [2.45, 2.75) is 20.8 Å². The molecule has 0 aliphatic rings. The molecule has 50 heteroatoms. The summed E-state index contributed by atoms with van der Waals surface area (Å²) in [5.41, 5.74) is 0. The monoisotopic (exact) mass is 2980 g/mol. The summed E-state index contributed by atoms with van der Waals surface area (Å²) in [4.78, 5) is 38.4. The molecule has 0 unspecified atom stereocenters. The average Bonchev–Trinajstić information content (AvgIpc) is 3.12. The first-order valence-electron chi connectivity index (χ1n) is 15.6. The van der Waals surface area contributed by atoms with Crippen LogP contribution in [0.5, 0.6) is 0 Å². The molecule has 0 saturated heterocycles. The molecule has 56 heavy (non-hydrogen) atoms. The number of rotatable bonds is 26. The Bertz CT molecular complexity index is 1130. The third-order valence-corrected chi connectivity index (χ3v) is 49.2. The lowest BCUT2D eigenvalue weighted by Crippen LogP contribution is -2.70. The van der Waals surface area contributed by atoms with Gasteiger partial charge in [0.05, 0.1) is 14.1 Å². The fraction of sp³-hybridized carbons (Fsp3) is 0.500. The largest absolute Gasteiger partial charge is 0.425 e. The van der Waals surface area contributed by atoms with E-state index in [1.54, 1.807) is 20.8 Å². The second-order valence-electron chi connectivity index (χ2n) is 11.8. The molecule has 3 amide bonds. The van der Waals surface area contributed by atoms with E-state index in [1.807, 2.05) is 0 Å². The van der Waals surface area contributed by atoms with E-state index in [9.17, 15) is 14.4 Å². The number of carbonyl (C=O) groups excluding carboxylic acids is 3. The number of hydrogen-bond acceptors (Lipinski definition) is 3. The molecule has 0 aromatic heterocycles. The van der Waals surface area contributed by atoms with Crippen LogP contribution in [0.4, 0.5) is 0 Å². The maximum Gasteiger partial charge on any atom is 0.284 e. The van der Waals surface area contributed by atoms with Gasteiger partial charge in [-0.1, -0.05) is 0 Å². The Morgan fingerprint density at radius 3 is 0.857 bits per heavy atom. The molecule has 0 aromatic carbocycles. The molecule has 280 valence electrons. The fourth-order valence-electron chi connectivity index (χ4n) is 4.67. The number of halogens is 20. The van der Waals surface area contributed by atoms with Gasteiger partial charge in [0.25, 0.3) is 9.19 Å². The molecule has 0 aromatic rings. The Labute approximate surface area is 614 Å². The lowest BCUT2D eigenvalue weighted by atomic mass is 8.83. The smallest absolute Gasteiger partial charge is 0.284 e. The minimum Gasteiger partial charge on any atom is -0.425 e. The van der Waals surface area contributed by atoms with Crippen LogP contribution >= 0.6 is 447 Å². The van der Waals surface area contributed by atoms with Crippen LogP contribution in [0, 0.1) is 0 Å². The van der Waals surface area contributed by atoms with Gasteiger partial charge in [-0.2, -0.15) is 313 Å². The minimum atomic E-state index is -0.0200. The molecule has 0 bridgehead atoms. The molecule has 6 nitrogen and oxygen atoms in total. The first kappa shape index (κ1) is 70.6. The van der Waals surface area contributed by atoms with Gasteiger partial charge >= 0.3 is 0 Å². The topological polar surface area (TPSA) is 78.5 Å². The summed E-state index contributed by atoms with van der Waals surface area (Å²) in [5.74, 6) is 0.0860. The van der Waals surface area contributed by atoms with Crippen molar-refractivity contribution in [3.05, 3.63) is 0 Å². The van der Waals surface area contributed by atoms with E-state index >= 15 is 0 Å². The molecule has 0 heterocycles. The summed E-state index contributed by atoms with van der Waals surface area (Å²) in [6, 6.07) is 0. The zero-order valence-corrected chi connectivity index (χ0v) is 71.7. The molecule has 0 rings (SSSR count). The van der Waals surface area contributed by atoms with Gasteiger partial charge in [0.2, 0.25) is 25.1 Å². The summed E-state index contributed by atoms with van der Waals surface area (Å²) in [6.45, 7) is 4.95. The van der Waals surface area contributed by atoms with Crippen molar-refractivity contribution in [2.24, 2.45) is 0 Å². The van der Waals surface area contributed by atoms with Crippen LogP contribution in [0.1, 0.15) is 20.8 Å². The maximum absolute atomic E-state index is 13.6. The van der Waals surface area contributed by atoms with Crippen LogP contribution in [0.25, 0.3) is 0 Å². The number of amides is 3. The first-order chi connectivity index (χ1) is 25.6. The maximum atomic E-state index is 13.6. The number of nitrogens with zero attached hydrogens (tertiary/aromatic N) is 1. The highest BCUT2D eigenvalue weighted by atomic mass is 127. The molecule has 0 aliphatic heterocycles. The Kier molecular flexibility index (Phi) is 48.1. The van der Waals surface area contributed by atoms with Crippen molar-refractivity contribution in [2.75, 3.05) is 0 Å². The lowest BCUT2D eigenvalue weighted by molar-refractivity contribution is -0.121. The Morgan fingerprint density at radius 1 is 0.375 bits per heavy atom. The predicted molar refractivity (Wildman–Crippen MR) is 459 cm³/mol. The fourth-order valence-corrected chi connectivity index (χ4v) is 28.7. The van der Waals surface area contributed by atoms with Crippen molar-refractivity contribution < 1.29 is 14.4 Å². The lowest BCUT2D eigenvalue weighted by Gasteiger charge is -2.35. The van der Waals surface area contributed by atoms with Gasteiger partial charge in [-0.25, -0.2) is 0 Å².